The molecule has 0 aliphatic heterocycles. The van der Waals surface area contributed by atoms with Crippen LogP contribution in [0.1, 0.15) is 1.43 Å². The zero-order valence-corrected chi connectivity index (χ0v) is 36.3. The molecule has 0 spiro atoms. The SMILES string of the molecule is Brc1cc(Br)c(Oc2ccccc2)cc1Oc1ccccc1.Fc1cc(F)c(Br)cc1Br.O=CO[O-].OC1=CC=[C+]C=C1.[H-].[K+].[K+]. The Morgan fingerprint density at radius 3 is 1.47 bits per heavy atom. The van der Waals surface area contributed by atoms with Gasteiger partial charge in [-0.2, -0.15) is 0 Å². The van der Waals surface area contributed by atoms with Gasteiger partial charge in [0.1, 0.15) is 46.8 Å². The van der Waals surface area contributed by atoms with Gasteiger partial charge in [-0.1, -0.05) is 36.4 Å². The van der Waals surface area contributed by atoms with E-state index in [9.17, 15) is 8.78 Å². The van der Waals surface area contributed by atoms with Crippen LogP contribution in [0, 0.1) is 17.7 Å². The molecule has 4 aromatic rings. The fraction of sp³-hybridized carbons (Fsp3) is 0. The number of hydrogen-bond acceptors (Lipinski definition) is 6. The number of allylic oxidation sites excluding steroid dienone is 5. The van der Waals surface area contributed by atoms with Crippen LogP contribution in [0.4, 0.5) is 8.78 Å². The molecular weight excluding hydrogens is 904 g/mol. The summed E-state index contributed by atoms with van der Waals surface area (Å²) < 4.78 is 38.9. The molecule has 1 aliphatic carbocycles. The van der Waals surface area contributed by atoms with E-state index < -0.39 is 11.6 Å². The van der Waals surface area contributed by atoms with Gasteiger partial charge in [0.05, 0.1) is 30.0 Å². The molecule has 14 heteroatoms. The number of carbonyl (C=O) groups is 1. The molecule has 0 aromatic heterocycles. The maximum Gasteiger partial charge on any atom is 1.00 e. The smallest absolute Gasteiger partial charge is 1.00 e. The van der Waals surface area contributed by atoms with Gasteiger partial charge < -0.3 is 26.2 Å². The fourth-order valence-electron chi connectivity index (χ4n) is 2.77. The second-order valence-electron chi connectivity index (χ2n) is 7.67. The number of benzene rings is 4. The predicted molar refractivity (Wildman–Crippen MR) is 173 cm³/mol. The van der Waals surface area contributed by atoms with Gasteiger partial charge in [-0.15, -0.1) is 0 Å². The van der Waals surface area contributed by atoms with Crippen molar-refractivity contribution in [1.82, 2.24) is 0 Å². The third-order valence-corrected chi connectivity index (χ3v) is 7.09. The second-order valence-corrected chi connectivity index (χ2v) is 11.1. The molecule has 0 heterocycles. The Bertz CT molecular complexity index is 1460. The average molecular weight is 925 g/mol. The summed E-state index contributed by atoms with van der Waals surface area (Å²) in [7, 11) is 0. The molecule has 0 saturated carbocycles. The van der Waals surface area contributed by atoms with Crippen LogP contribution >= 0.6 is 63.7 Å². The summed E-state index contributed by atoms with van der Waals surface area (Å²) in [5.41, 5.74) is 0. The number of rotatable bonds is 5. The van der Waals surface area contributed by atoms with E-state index in [1.165, 1.54) is 6.07 Å². The van der Waals surface area contributed by atoms with Crippen molar-refractivity contribution in [3.63, 3.8) is 0 Å². The number of carbonyl (C=O) groups excluding carboxylic acids is 1. The minimum Gasteiger partial charge on any atom is -1.00 e. The Morgan fingerprint density at radius 2 is 1.16 bits per heavy atom. The molecule has 0 bridgehead atoms. The van der Waals surface area contributed by atoms with Crippen molar-refractivity contribution in [3.8, 4) is 23.0 Å². The molecule has 0 unspecified atom stereocenters. The third-order valence-electron chi connectivity index (χ3n) is 4.63. The monoisotopic (exact) mass is 921 g/mol. The van der Waals surface area contributed by atoms with Gasteiger partial charge in [0, 0.05) is 18.2 Å². The van der Waals surface area contributed by atoms with E-state index in [0.717, 1.165) is 26.5 Å². The minimum atomic E-state index is -0.597. The summed E-state index contributed by atoms with van der Waals surface area (Å²) in [5.74, 6) is 2.04. The van der Waals surface area contributed by atoms with Gasteiger partial charge in [-0.05, 0) is 100 Å². The largest absolute Gasteiger partial charge is 1.00 e. The molecule has 0 fully saturated rings. The van der Waals surface area contributed by atoms with Crippen molar-refractivity contribution in [2.24, 2.45) is 0 Å². The summed E-state index contributed by atoms with van der Waals surface area (Å²) in [4.78, 5) is 11.2. The summed E-state index contributed by atoms with van der Waals surface area (Å²) in [6.07, 6.45) is 9.26. The number of halogens is 6. The van der Waals surface area contributed by atoms with Gasteiger partial charge in [0.2, 0.25) is 5.76 Å². The number of hydrogen-bond donors (Lipinski definition) is 1. The van der Waals surface area contributed by atoms with Gasteiger partial charge in [0.25, 0.3) is 6.47 Å². The molecule has 0 saturated heterocycles. The number of ether oxygens (including phenoxy) is 2. The predicted octanol–water partition coefficient (Wildman–Crippen LogP) is 4.20. The topological polar surface area (TPSA) is 88.1 Å². The van der Waals surface area contributed by atoms with Crippen molar-refractivity contribution in [1.29, 1.82) is 0 Å². The van der Waals surface area contributed by atoms with Gasteiger partial charge >= 0.3 is 103 Å². The van der Waals surface area contributed by atoms with Gasteiger partial charge in [0.15, 0.2) is 0 Å². The fourth-order valence-corrected chi connectivity index (χ4v) is 4.92. The number of aliphatic hydroxyl groups is 1. The van der Waals surface area contributed by atoms with Crippen molar-refractivity contribution in [2.75, 3.05) is 0 Å². The van der Waals surface area contributed by atoms with Crippen LogP contribution in [0.25, 0.3) is 0 Å². The molecule has 1 N–H and O–H groups in total. The van der Waals surface area contributed by atoms with E-state index in [1.54, 1.807) is 24.3 Å². The second kappa shape index (κ2) is 25.8. The number of para-hydroxylation sites is 2. The van der Waals surface area contributed by atoms with Crippen LogP contribution in [-0.4, -0.2) is 11.6 Å². The van der Waals surface area contributed by atoms with Crippen LogP contribution < -0.4 is 118 Å². The quantitative estimate of drug-likeness (QED) is 0.0808. The van der Waals surface area contributed by atoms with E-state index in [0.29, 0.717) is 17.3 Å². The van der Waals surface area contributed by atoms with Crippen LogP contribution in [0.3, 0.4) is 0 Å². The van der Waals surface area contributed by atoms with Gasteiger partial charge in [-0.3, -0.25) is 4.79 Å². The standard InChI is InChI=1S/C18H12Br2O2.C6H2Br2F2.C6H4O.CH2O3.2K.H/c19-15-11-16(20)18(22-14-9-5-2-6-10-14)12-17(15)21-13-7-3-1-4-8-13;7-3-1-4(8)6(10)2-5(3)9;7-6-4-2-1-3-5-6;2-1-4-3;;;/h1-12H;1-2H;2-5H;1,3H;;;/q;;;;2*+1;-1. The average Bonchev–Trinajstić information content (AvgIpc) is 3.01. The number of aliphatic hydroxyl groups excluding tert-OH is 1. The van der Waals surface area contributed by atoms with Crippen LogP contribution in [0.2, 0.25) is 0 Å². The van der Waals surface area contributed by atoms with E-state index in [2.05, 4.69) is 74.7 Å². The van der Waals surface area contributed by atoms with Crippen molar-refractivity contribution in [2.45, 2.75) is 0 Å². The summed E-state index contributed by atoms with van der Waals surface area (Å²) >= 11 is 12.8. The summed E-state index contributed by atoms with van der Waals surface area (Å²) in [6, 6.07) is 25.2. The van der Waals surface area contributed by atoms with Crippen molar-refractivity contribution >= 4 is 70.2 Å². The van der Waals surface area contributed by atoms with Crippen LogP contribution in [-0.2, 0) is 9.68 Å². The van der Waals surface area contributed by atoms with Gasteiger partial charge in [-0.25, -0.2) is 8.78 Å². The Kier molecular flexibility index (Phi) is 25.8. The van der Waals surface area contributed by atoms with Crippen LogP contribution in [0.15, 0.2) is 133 Å². The Morgan fingerprint density at radius 1 is 0.733 bits per heavy atom. The van der Waals surface area contributed by atoms with Crippen LogP contribution in [0.5, 0.6) is 23.0 Å². The molecule has 6 nitrogen and oxygen atoms in total. The van der Waals surface area contributed by atoms with E-state index in [-0.39, 0.29) is 120 Å². The Hall–Kier alpha value is -0.107. The Balaban J connectivity index is 0. The normalized spacial score (nSPS) is 10.2. The summed E-state index contributed by atoms with van der Waals surface area (Å²) in [6.45, 7) is -0.181. The maximum atomic E-state index is 12.5. The van der Waals surface area contributed by atoms with E-state index in [1.807, 2.05) is 72.8 Å². The molecular formula is C31H21Br4F2K2O6+. The molecule has 224 valence electrons. The van der Waals surface area contributed by atoms with Crippen molar-refractivity contribution in [3.05, 3.63) is 151 Å². The maximum absolute atomic E-state index is 12.5. The molecule has 4 aromatic carbocycles. The minimum absolute atomic E-state index is 0. The van der Waals surface area contributed by atoms with Crippen molar-refractivity contribution < 1.29 is 142 Å². The summed E-state index contributed by atoms with van der Waals surface area (Å²) in [5, 5.41) is 17.0. The first kappa shape index (κ1) is 44.9. The third kappa shape index (κ3) is 18.3. The molecule has 0 amide bonds. The zero-order chi connectivity index (χ0) is 31.6. The first-order chi connectivity index (χ1) is 20.6. The van der Waals surface area contributed by atoms with E-state index in [4.69, 9.17) is 24.6 Å². The first-order valence-electron chi connectivity index (χ1n) is 11.8. The molecule has 5 rings (SSSR count). The van der Waals surface area contributed by atoms with E-state index >= 15 is 0 Å². The zero-order valence-electron chi connectivity index (χ0n) is 24.7. The Labute approximate surface area is 379 Å². The first-order valence-corrected chi connectivity index (χ1v) is 14.9. The molecule has 45 heavy (non-hydrogen) atoms. The molecule has 0 atom stereocenters. The molecule has 0 radical (unpaired) electrons. The molecule has 1 aliphatic rings.